The van der Waals surface area contributed by atoms with E-state index in [0.717, 1.165) is 19.3 Å². The van der Waals surface area contributed by atoms with Crippen LogP contribution in [0.1, 0.15) is 49.9 Å². The molecule has 0 spiro atoms. The van der Waals surface area contributed by atoms with Gasteiger partial charge in [-0.25, -0.2) is 0 Å². The predicted molar refractivity (Wildman–Crippen MR) is 90.0 cm³/mol. The minimum Gasteiger partial charge on any atom is -0.396 e. The van der Waals surface area contributed by atoms with Gasteiger partial charge in [-0.05, 0) is 49.1 Å². The van der Waals surface area contributed by atoms with Gasteiger partial charge in [0, 0.05) is 36.3 Å². The quantitative estimate of drug-likeness (QED) is 0.904. The largest absolute Gasteiger partial charge is 0.396 e. The van der Waals surface area contributed by atoms with Crippen molar-refractivity contribution in [3.8, 4) is 0 Å². The van der Waals surface area contributed by atoms with Gasteiger partial charge in [-0.1, -0.05) is 25.1 Å². The van der Waals surface area contributed by atoms with Crippen LogP contribution in [-0.2, 0) is 6.42 Å². The minimum atomic E-state index is 0.323. The van der Waals surface area contributed by atoms with Crippen molar-refractivity contribution in [2.24, 2.45) is 5.41 Å². The molecule has 0 bridgehead atoms. The highest BCUT2D eigenvalue weighted by Gasteiger charge is 2.45. The molecule has 0 aliphatic carbocycles. The van der Waals surface area contributed by atoms with Crippen molar-refractivity contribution in [3.05, 3.63) is 35.5 Å². The van der Waals surface area contributed by atoms with Crippen LogP contribution in [-0.4, -0.2) is 34.7 Å². The van der Waals surface area contributed by atoms with Gasteiger partial charge in [-0.15, -0.1) is 0 Å². The van der Waals surface area contributed by atoms with Crippen molar-refractivity contribution in [2.45, 2.75) is 45.1 Å². The Morgan fingerprint density at radius 2 is 2.23 bits per heavy atom. The Kier molecular flexibility index (Phi) is 3.50. The zero-order chi connectivity index (χ0) is 15.2. The molecule has 0 amide bonds. The summed E-state index contributed by atoms with van der Waals surface area (Å²) in [4.78, 5) is 6.39. The fourth-order valence-corrected chi connectivity index (χ4v) is 4.76. The van der Waals surface area contributed by atoms with Crippen LogP contribution in [0.3, 0.4) is 0 Å². The van der Waals surface area contributed by atoms with E-state index in [9.17, 15) is 5.11 Å². The van der Waals surface area contributed by atoms with E-state index in [-0.39, 0.29) is 0 Å². The number of nitrogens with zero attached hydrogens (tertiary/aromatic N) is 1. The van der Waals surface area contributed by atoms with Crippen LogP contribution in [0.15, 0.2) is 24.3 Å². The first kappa shape index (κ1) is 14.3. The van der Waals surface area contributed by atoms with E-state index in [1.807, 2.05) is 0 Å². The molecular formula is C19H26N2O. The third kappa shape index (κ3) is 2.10. The molecule has 4 rings (SSSR count). The predicted octanol–water partition coefficient (Wildman–Crippen LogP) is 3.64. The second-order valence-electron chi connectivity index (χ2n) is 7.18. The number of benzene rings is 1. The Morgan fingerprint density at radius 3 is 3.05 bits per heavy atom. The first-order chi connectivity index (χ1) is 10.8. The number of hydrogen-bond donors (Lipinski definition) is 2. The second kappa shape index (κ2) is 5.39. The monoisotopic (exact) mass is 298 g/mol. The first-order valence-electron chi connectivity index (χ1n) is 8.71. The van der Waals surface area contributed by atoms with E-state index in [2.05, 4.69) is 41.1 Å². The van der Waals surface area contributed by atoms with Crippen molar-refractivity contribution in [2.75, 3.05) is 19.7 Å². The fraction of sp³-hybridized carbons (Fsp3) is 0.579. The summed E-state index contributed by atoms with van der Waals surface area (Å²) < 4.78 is 0. The number of aliphatic hydroxyl groups is 1. The van der Waals surface area contributed by atoms with Crippen molar-refractivity contribution in [1.82, 2.24) is 9.88 Å². The van der Waals surface area contributed by atoms with Gasteiger partial charge in [-0.3, -0.25) is 4.90 Å². The normalized spacial score (nSPS) is 28.0. The molecule has 3 heteroatoms. The average molecular weight is 298 g/mol. The summed E-state index contributed by atoms with van der Waals surface area (Å²) in [6.07, 6.45) is 5.71. The van der Waals surface area contributed by atoms with Crippen LogP contribution in [0.5, 0.6) is 0 Å². The topological polar surface area (TPSA) is 39.3 Å². The number of aliphatic hydroxyl groups excluding tert-OH is 1. The second-order valence-corrected chi connectivity index (χ2v) is 7.18. The van der Waals surface area contributed by atoms with E-state index in [1.54, 1.807) is 5.56 Å². The van der Waals surface area contributed by atoms with Gasteiger partial charge in [0.15, 0.2) is 0 Å². The molecule has 22 heavy (non-hydrogen) atoms. The molecule has 2 N–H and O–H groups in total. The number of aromatic nitrogens is 1. The minimum absolute atomic E-state index is 0.323. The number of fused-ring (bicyclic) bond motifs is 5. The molecule has 1 aromatic carbocycles. The molecule has 2 aliphatic rings. The maximum atomic E-state index is 9.23. The van der Waals surface area contributed by atoms with E-state index < -0.39 is 0 Å². The zero-order valence-corrected chi connectivity index (χ0v) is 13.4. The molecule has 2 aromatic rings. The molecule has 118 valence electrons. The summed E-state index contributed by atoms with van der Waals surface area (Å²) in [5.74, 6) is 0. The summed E-state index contributed by atoms with van der Waals surface area (Å²) in [5.41, 5.74) is 4.70. The summed E-state index contributed by atoms with van der Waals surface area (Å²) in [6, 6.07) is 9.28. The van der Waals surface area contributed by atoms with Gasteiger partial charge in [0.05, 0.1) is 6.04 Å². The number of rotatable bonds is 4. The maximum absolute atomic E-state index is 9.23. The van der Waals surface area contributed by atoms with E-state index in [0.29, 0.717) is 18.1 Å². The Bertz CT molecular complexity index is 677. The smallest absolute Gasteiger partial charge is 0.0507 e. The van der Waals surface area contributed by atoms with Crippen LogP contribution in [0.25, 0.3) is 10.9 Å². The maximum Gasteiger partial charge on any atom is 0.0507 e. The molecule has 1 fully saturated rings. The first-order valence-corrected chi connectivity index (χ1v) is 8.71. The molecule has 3 nitrogen and oxygen atoms in total. The van der Waals surface area contributed by atoms with Crippen molar-refractivity contribution in [1.29, 1.82) is 0 Å². The summed E-state index contributed by atoms with van der Waals surface area (Å²) >= 11 is 0. The summed E-state index contributed by atoms with van der Waals surface area (Å²) in [6.45, 7) is 5.02. The molecule has 3 heterocycles. The number of hydrogen-bond acceptors (Lipinski definition) is 2. The molecule has 0 saturated carbocycles. The van der Waals surface area contributed by atoms with Crippen molar-refractivity contribution < 1.29 is 5.11 Å². The highest BCUT2D eigenvalue weighted by atomic mass is 16.2. The van der Waals surface area contributed by atoms with E-state index in [4.69, 9.17) is 0 Å². The number of para-hydroxylation sites is 1. The van der Waals surface area contributed by atoms with Crippen molar-refractivity contribution in [3.63, 3.8) is 0 Å². The van der Waals surface area contributed by atoms with Gasteiger partial charge < -0.3 is 10.1 Å². The molecule has 1 saturated heterocycles. The average Bonchev–Trinajstić information content (AvgIpc) is 3.11. The Balaban J connectivity index is 1.70. The van der Waals surface area contributed by atoms with Gasteiger partial charge in [0.2, 0.25) is 0 Å². The number of nitrogens with one attached hydrogen (secondary N) is 1. The lowest BCUT2D eigenvalue weighted by atomic mass is 9.78. The standard InChI is InChI=1S/C19H26N2O/c1-2-19(9-5-11-22)12-17-18-15(8-10-21(17)13-19)14-6-3-4-7-16(14)20-18/h3-4,6-7,17,20,22H,2,5,8-13H2,1H3/t17?,19-/m0/s1. The molecular weight excluding hydrogens is 272 g/mol. The molecule has 1 unspecified atom stereocenters. The highest BCUT2D eigenvalue weighted by molar-refractivity contribution is 5.85. The molecule has 2 atom stereocenters. The lowest BCUT2D eigenvalue weighted by molar-refractivity contribution is 0.193. The van der Waals surface area contributed by atoms with Crippen LogP contribution in [0.2, 0.25) is 0 Å². The SMILES string of the molecule is CC[C@]1(CCCO)CC2c3[nH]c4ccccc4c3CCN2C1. The Morgan fingerprint density at radius 1 is 1.36 bits per heavy atom. The van der Waals surface area contributed by atoms with E-state index in [1.165, 1.54) is 42.5 Å². The lowest BCUT2D eigenvalue weighted by Crippen LogP contribution is -2.32. The third-order valence-corrected chi connectivity index (χ3v) is 6.05. The number of H-pyrrole nitrogens is 1. The van der Waals surface area contributed by atoms with E-state index >= 15 is 0 Å². The highest BCUT2D eigenvalue weighted by Crippen LogP contribution is 2.50. The lowest BCUT2D eigenvalue weighted by Gasteiger charge is -2.30. The van der Waals surface area contributed by atoms with Gasteiger partial charge in [0.25, 0.3) is 0 Å². The van der Waals surface area contributed by atoms with Crippen LogP contribution >= 0.6 is 0 Å². The van der Waals surface area contributed by atoms with Crippen LogP contribution < -0.4 is 0 Å². The Hall–Kier alpha value is -1.32. The van der Waals surface area contributed by atoms with Gasteiger partial charge >= 0.3 is 0 Å². The van der Waals surface area contributed by atoms with Crippen molar-refractivity contribution >= 4 is 10.9 Å². The number of aromatic amines is 1. The molecule has 0 radical (unpaired) electrons. The third-order valence-electron chi connectivity index (χ3n) is 6.05. The fourth-order valence-electron chi connectivity index (χ4n) is 4.76. The van der Waals surface area contributed by atoms with Gasteiger partial charge in [-0.2, -0.15) is 0 Å². The summed E-state index contributed by atoms with van der Waals surface area (Å²) in [7, 11) is 0. The molecule has 1 aromatic heterocycles. The zero-order valence-electron chi connectivity index (χ0n) is 13.4. The van der Waals surface area contributed by atoms with Crippen LogP contribution in [0, 0.1) is 5.41 Å². The Labute approximate surface area is 132 Å². The molecule has 2 aliphatic heterocycles. The van der Waals surface area contributed by atoms with Crippen LogP contribution in [0.4, 0.5) is 0 Å². The van der Waals surface area contributed by atoms with Gasteiger partial charge in [0.1, 0.15) is 0 Å². The summed E-state index contributed by atoms with van der Waals surface area (Å²) in [5, 5.41) is 10.6.